The largest absolute Gasteiger partial charge is 0.497 e. The number of methoxy groups -OCH3 is 1. The number of amides is 4. The molecule has 2 aromatic carbocycles. The average Bonchev–Trinajstić information content (AvgIpc) is 2.93. The first-order chi connectivity index (χ1) is 13.8. The van der Waals surface area contributed by atoms with Gasteiger partial charge < -0.3 is 15.4 Å². The summed E-state index contributed by atoms with van der Waals surface area (Å²) in [5.74, 6) is -0.264. The Morgan fingerprint density at radius 1 is 1.17 bits per heavy atom. The van der Waals surface area contributed by atoms with Gasteiger partial charge in [0.05, 0.1) is 7.11 Å². The molecule has 0 radical (unpaired) electrons. The highest BCUT2D eigenvalue weighted by atomic mass is 16.5. The summed E-state index contributed by atoms with van der Waals surface area (Å²) >= 11 is 0. The second-order valence-electron chi connectivity index (χ2n) is 7.20. The minimum absolute atomic E-state index is 0.321. The van der Waals surface area contributed by atoms with E-state index in [-0.39, 0.29) is 12.5 Å². The van der Waals surface area contributed by atoms with Crippen LogP contribution < -0.4 is 15.4 Å². The SMILES string of the molecule is COc1cccc([C@@]2(C)NC(=O)N(CC(=O)NCCc3ccccc3C)C2=O)c1. The zero-order valence-corrected chi connectivity index (χ0v) is 16.8. The minimum atomic E-state index is -1.24. The van der Waals surface area contributed by atoms with Gasteiger partial charge in [-0.3, -0.25) is 14.5 Å². The van der Waals surface area contributed by atoms with E-state index >= 15 is 0 Å². The van der Waals surface area contributed by atoms with Gasteiger partial charge in [-0.1, -0.05) is 36.4 Å². The number of carbonyl (C=O) groups excluding carboxylic acids is 3. The lowest BCUT2D eigenvalue weighted by molar-refractivity contribution is -0.134. The highest BCUT2D eigenvalue weighted by molar-refractivity contribution is 6.09. The summed E-state index contributed by atoms with van der Waals surface area (Å²) in [4.78, 5) is 38.6. The van der Waals surface area contributed by atoms with E-state index in [9.17, 15) is 14.4 Å². The molecule has 0 aliphatic carbocycles. The third-order valence-corrected chi connectivity index (χ3v) is 5.20. The number of ether oxygens (including phenoxy) is 1. The van der Waals surface area contributed by atoms with Gasteiger partial charge in [0.15, 0.2) is 0 Å². The Balaban J connectivity index is 1.62. The van der Waals surface area contributed by atoms with Crippen molar-refractivity contribution in [2.45, 2.75) is 25.8 Å². The van der Waals surface area contributed by atoms with Crippen molar-refractivity contribution in [2.24, 2.45) is 0 Å². The Morgan fingerprint density at radius 2 is 1.93 bits per heavy atom. The van der Waals surface area contributed by atoms with Gasteiger partial charge in [-0.25, -0.2) is 4.79 Å². The molecular weight excluding hydrogens is 370 g/mol. The van der Waals surface area contributed by atoms with Crippen molar-refractivity contribution >= 4 is 17.8 Å². The Labute approximate surface area is 170 Å². The van der Waals surface area contributed by atoms with Crippen LogP contribution in [0.1, 0.15) is 23.6 Å². The van der Waals surface area contributed by atoms with E-state index < -0.39 is 17.5 Å². The van der Waals surface area contributed by atoms with Gasteiger partial charge in [-0.05, 0) is 49.1 Å². The maximum Gasteiger partial charge on any atom is 0.325 e. The molecule has 152 valence electrons. The second kappa shape index (κ2) is 8.34. The number of rotatable bonds is 7. The number of carbonyl (C=O) groups is 3. The maximum absolute atomic E-state index is 12.9. The third-order valence-electron chi connectivity index (χ3n) is 5.20. The molecule has 1 heterocycles. The quantitative estimate of drug-likeness (QED) is 0.703. The van der Waals surface area contributed by atoms with Gasteiger partial charge in [-0.15, -0.1) is 0 Å². The van der Waals surface area contributed by atoms with Crippen LogP contribution in [0.3, 0.4) is 0 Å². The fourth-order valence-electron chi connectivity index (χ4n) is 3.40. The molecule has 0 saturated carbocycles. The van der Waals surface area contributed by atoms with Gasteiger partial charge in [0.1, 0.15) is 17.8 Å². The summed E-state index contributed by atoms with van der Waals surface area (Å²) in [6, 6.07) is 14.3. The van der Waals surface area contributed by atoms with Crippen molar-refractivity contribution < 1.29 is 19.1 Å². The fraction of sp³-hybridized carbons (Fsp3) is 0.318. The first-order valence-electron chi connectivity index (χ1n) is 9.45. The summed E-state index contributed by atoms with van der Waals surface area (Å²) < 4.78 is 5.20. The summed E-state index contributed by atoms with van der Waals surface area (Å²) in [5, 5.41) is 5.47. The van der Waals surface area contributed by atoms with Crippen LogP contribution in [0.15, 0.2) is 48.5 Å². The first kappa shape index (κ1) is 20.4. The Morgan fingerprint density at radius 3 is 2.66 bits per heavy atom. The molecular formula is C22H25N3O4. The summed E-state index contributed by atoms with van der Waals surface area (Å²) in [5.41, 5.74) is 1.66. The van der Waals surface area contributed by atoms with Crippen molar-refractivity contribution in [3.63, 3.8) is 0 Å². The summed E-state index contributed by atoms with van der Waals surface area (Å²) in [7, 11) is 1.53. The topological polar surface area (TPSA) is 87.7 Å². The van der Waals surface area contributed by atoms with Crippen molar-refractivity contribution in [2.75, 3.05) is 20.2 Å². The Hall–Kier alpha value is -3.35. The molecule has 29 heavy (non-hydrogen) atoms. The molecule has 7 heteroatoms. The van der Waals surface area contributed by atoms with Crippen LogP contribution in [0.2, 0.25) is 0 Å². The Kier molecular flexibility index (Phi) is 5.87. The van der Waals surface area contributed by atoms with Crippen LogP contribution >= 0.6 is 0 Å². The van der Waals surface area contributed by atoms with Gasteiger partial charge in [0.25, 0.3) is 5.91 Å². The molecule has 1 saturated heterocycles. The molecule has 0 bridgehead atoms. The third kappa shape index (κ3) is 4.23. The lowest BCUT2D eigenvalue weighted by Crippen LogP contribution is -2.43. The molecule has 1 aliphatic rings. The normalized spacial score (nSPS) is 18.5. The van der Waals surface area contributed by atoms with Crippen LogP contribution in [-0.2, 0) is 21.5 Å². The van der Waals surface area contributed by atoms with E-state index in [2.05, 4.69) is 10.6 Å². The molecule has 2 N–H and O–H groups in total. The van der Waals surface area contributed by atoms with Gasteiger partial charge in [0, 0.05) is 6.54 Å². The van der Waals surface area contributed by atoms with E-state index in [4.69, 9.17) is 4.74 Å². The number of urea groups is 1. The number of aryl methyl sites for hydroxylation is 1. The van der Waals surface area contributed by atoms with Crippen LogP contribution in [0.5, 0.6) is 5.75 Å². The molecule has 0 aromatic heterocycles. The highest BCUT2D eigenvalue weighted by Gasteiger charge is 2.49. The minimum Gasteiger partial charge on any atom is -0.497 e. The maximum atomic E-state index is 12.9. The summed E-state index contributed by atoms with van der Waals surface area (Å²) in [6.45, 7) is 3.75. The van der Waals surface area contributed by atoms with E-state index in [1.807, 2.05) is 31.2 Å². The van der Waals surface area contributed by atoms with Crippen LogP contribution in [-0.4, -0.2) is 42.9 Å². The van der Waals surface area contributed by atoms with E-state index in [0.29, 0.717) is 24.3 Å². The standard InChI is InChI=1S/C22H25N3O4/c1-15-7-4-5-8-16(15)11-12-23-19(26)14-25-20(27)22(2,24-21(25)28)17-9-6-10-18(13-17)29-3/h4-10,13H,11-12,14H2,1-3H3,(H,23,26)(H,24,28)/t22-/m1/s1. The predicted octanol–water partition coefficient (Wildman–Crippen LogP) is 2.13. The van der Waals surface area contributed by atoms with Gasteiger partial charge in [-0.2, -0.15) is 0 Å². The van der Waals surface area contributed by atoms with E-state index in [1.54, 1.807) is 31.2 Å². The first-order valence-corrected chi connectivity index (χ1v) is 9.45. The lowest BCUT2D eigenvalue weighted by atomic mass is 9.92. The number of hydrogen-bond donors (Lipinski definition) is 2. The molecule has 7 nitrogen and oxygen atoms in total. The van der Waals surface area contributed by atoms with Crippen LogP contribution in [0.25, 0.3) is 0 Å². The highest BCUT2D eigenvalue weighted by Crippen LogP contribution is 2.30. The van der Waals surface area contributed by atoms with Crippen LogP contribution in [0, 0.1) is 6.92 Å². The predicted molar refractivity (Wildman–Crippen MR) is 108 cm³/mol. The van der Waals surface area contributed by atoms with E-state index in [1.165, 1.54) is 7.11 Å². The zero-order chi connectivity index (χ0) is 21.0. The molecule has 0 spiro atoms. The molecule has 1 aliphatic heterocycles. The monoisotopic (exact) mass is 395 g/mol. The van der Waals surface area contributed by atoms with Gasteiger partial charge >= 0.3 is 6.03 Å². The number of nitrogens with one attached hydrogen (secondary N) is 2. The number of nitrogens with zero attached hydrogens (tertiary/aromatic N) is 1. The van der Waals surface area contributed by atoms with Gasteiger partial charge in [0.2, 0.25) is 5.91 Å². The second-order valence-corrected chi connectivity index (χ2v) is 7.20. The number of benzene rings is 2. The number of imide groups is 1. The molecule has 1 fully saturated rings. The van der Waals surface area contributed by atoms with Crippen molar-refractivity contribution in [3.05, 3.63) is 65.2 Å². The molecule has 1 atom stereocenters. The Bertz CT molecular complexity index is 943. The van der Waals surface area contributed by atoms with Crippen molar-refractivity contribution in [1.82, 2.24) is 15.5 Å². The zero-order valence-electron chi connectivity index (χ0n) is 16.8. The summed E-state index contributed by atoms with van der Waals surface area (Å²) in [6.07, 6.45) is 0.681. The molecule has 2 aromatic rings. The molecule has 0 unspecified atom stereocenters. The van der Waals surface area contributed by atoms with E-state index in [0.717, 1.165) is 16.0 Å². The smallest absolute Gasteiger partial charge is 0.325 e. The molecule has 3 rings (SSSR count). The fourth-order valence-corrected chi connectivity index (χ4v) is 3.40. The van der Waals surface area contributed by atoms with Crippen LogP contribution in [0.4, 0.5) is 4.79 Å². The van der Waals surface area contributed by atoms with Crippen molar-refractivity contribution in [3.8, 4) is 5.75 Å². The van der Waals surface area contributed by atoms with Crippen molar-refractivity contribution in [1.29, 1.82) is 0 Å². The molecule has 4 amide bonds. The number of hydrogen-bond acceptors (Lipinski definition) is 4. The average molecular weight is 395 g/mol. The lowest BCUT2D eigenvalue weighted by Gasteiger charge is -2.22.